The summed E-state index contributed by atoms with van der Waals surface area (Å²) in [5.41, 5.74) is 3.80. The van der Waals surface area contributed by atoms with Gasteiger partial charge in [-0.2, -0.15) is 0 Å². The molecule has 0 saturated carbocycles. The first-order chi connectivity index (χ1) is 10.2. The lowest BCUT2D eigenvalue weighted by atomic mass is 9.73. The molecule has 118 valence electrons. The average Bonchev–Trinajstić information content (AvgIpc) is 2.87. The largest absolute Gasteiger partial charge is 0.494 e. The summed E-state index contributed by atoms with van der Waals surface area (Å²) < 4.78 is 17.6. The van der Waals surface area contributed by atoms with Crippen molar-refractivity contribution in [2.75, 3.05) is 0 Å². The predicted octanol–water partition coefficient (Wildman–Crippen LogP) is 4.03. The van der Waals surface area contributed by atoms with Gasteiger partial charge < -0.3 is 13.8 Å². The first-order valence-corrected chi connectivity index (χ1v) is 7.91. The number of aromatic nitrogens is 1. The summed E-state index contributed by atoms with van der Waals surface area (Å²) in [7, 11) is -0.305. The first-order valence-electron chi connectivity index (χ1n) is 7.91. The van der Waals surface area contributed by atoms with Crippen LogP contribution in [-0.4, -0.2) is 23.5 Å². The molecule has 0 bridgehead atoms. The van der Waals surface area contributed by atoms with Gasteiger partial charge in [-0.3, -0.25) is 0 Å². The maximum Gasteiger partial charge on any atom is 0.494 e. The highest BCUT2D eigenvalue weighted by Crippen LogP contribution is 2.40. The highest BCUT2D eigenvalue weighted by Gasteiger charge is 2.52. The van der Waals surface area contributed by atoms with Crippen molar-refractivity contribution in [2.24, 2.45) is 0 Å². The fraction of sp³-hybridized carbons (Fsp3) is 0.588. The molecule has 0 radical (unpaired) electrons. The van der Waals surface area contributed by atoms with Crippen LogP contribution >= 0.6 is 0 Å². The lowest BCUT2D eigenvalue weighted by molar-refractivity contribution is 0.00578. The van der Waals surface area contributed by atoms with Gasteiger partial charge in [0.15, 0.2) is 0 Å². The second kappa shape index (κ2) is 5.10. The fourth-order valence-corrected chi connectivity index (χ4v) is 3.01. The number of nitrogens with zero attached hydrogens (tertiary/aromatic N) is 1. The van der Waals surface area contributed by atoms with E-state index in [-0.39, 0.29) is 18.3 Å². The Morgan fingerprint density at radius 1 is 1.09 bits per heavy atom. The Balaban J connectivity index is 1.90. The van der Waals surface area contributed by atoms with E-state index in [1.54, 1.807) is 0 Å². The van der Waals surface area contributed by atoms with Crippen LogP contribution < -0.4 is 0 Å². The minimum Gasteiger partial charge on any atom is -0.399 e. The molecule has 1 saturated heterocycles. The zero-order chi connectivity index (χ0) is 16.1. The Kier molecular flexibility index (Phi) is 3.61. The molecule has 1 aromatic rings. The molecule has 0 amide bonds. The molecule has 0 spiro atoms. The van der Waals surface area contributed by atoms with Crippen LogP contribution in [0.1, 0.15) is 57.6 Å². The zero-order valence-corrected chi connectivity index (χ0v) is 14.3. The molecule has 4 nitrogen and oxygen atoms in total. The van der Waals surface area contributed by atoms with Crippen LogP contribution in [0.5, 0.6) is 0 Å². The summed E-state index contributed by atoms with van der Waals surface area (Å²) >= 11 is 0. The van der Waals surface area contributed by atoms with Crippen molar-refractivity contribution in [2.45, 2.75) is 65.6 Å². The van der Waals surface area contributed by atoms with Crippen molar-refractivity contribution in [3.05, 3.63) is 34.6 Å². The average molecular weight is 301 g/mol. The third-order valence-corrected chi connectivity index (χ3v) is 5.01. The number of aryl methyl sites for hydroxylation is 2. The van der Waals surface area contributed by atoms with Gasteiger partial charge in [-0.15, -0.1) is 0 Å². The van der Waals surface area contributed by atoms with Gasteiger partial charge in [-0.1, -0.05) is 17.3 Å². The van der Waals surface area contributed by atoms with Crippen molar-refractivity contribution in [1.29, 1.82) is 0 Å². The van der Waals surface area contributed by atoms with Gasteiger partial charge in [-0.25, -0.2) is 0 Å². The van der Waals surface area contributed by atoms with E-state index in [1.165, 1.54) is 5.57 Å². The Morgan fingerprint density at radius 3 is 2.27 bits per heavy atom. The van der Waals surface area contributed by atoms with E-state index in [1.807, 2.05) is 13.8 Å². The quantitative estimate of drug-likeness (QED) is 0.774. The number of hydrogen-bond donors (Lipinski definition) is 0. The van der Waals surface area contributed by atoms with Crippen LogP contribution in [0, 0.1) is 13.8 Å². The first kappa shape index (κ1) is 15.6. The minimum atomic E-state index is -0.313. The van der Waals surface area contributed by atoms with Crippen LogP contribution in [0.15, 0.2) is 22.1 Å². The fourth-order valence-electron chi connectivity index (χ4n) is 3.01. The normalized spacial score (nSPS) is 23.5. The number of allylic oxidation sites excluding steroid dienone is 4. The van der Waals surface area contributed by atoms with Crippen LogP contribution in [0.3, 0.4) is 0 Å². The molecule has 0 atom stereocenters. The number of hydrogen-bond acceptors (Lipinski definition) is 4. The molecule has 22 heavy (non-hydrogen) atoms. The lowest BCUT2D eigenvalue weighted by Gasteiger charge is -2.32. The Bertz CT molecular complexity index is 619. The summed E-state index contributed by atoms with van der Waals surface area (Å²) in [5.74, 6) is 0.874. The van der Waals surface area contributed by atoms with Crippen molar-refractivity contribution < 1.29 is 13.8 Å². The lowest BCUT2D eigenvalue weighted by Crippen LogP contribution is -2.41. The molecule has 0 unspecified atom stereocenters. The maximum atomic E-state index is 6.16. The summed E-state index contributed by atoms with van der Waals surface area (Å²) in [6.07, 6.45) is 6.36. The van der Waals surface area contributed by atoms with E-state index >= 15 is 0 Å². The van der Waals surface area contributed by atoms with E-state index in [9.17, 15) is 0 Å². The topological polar surface area (TPSA) is 44.5 Å². The third-order valence-electron chi connectivity index (χ3n) is 5.01. The van der Waals surface area contributed by atoms with E-state index in [0.29, 0.717) is 0 Å². The van der Waals surface area contributed by atoms with Crippen molar-refractivity contribution in [3.8, 4) is 0 Å². The molecule has 1 aliphatic carbocycles. The molecular weight excluding hydrogens is 277 g/mol. The van der Waals surface area contributed by atoms with Gasteiger partial charge in [0.2, 0.25) is 0 Å². The van der Waals surface area contributed by atoms with Gasteiger partial charge in [0.1, 0.15) is 5.76 Å². The van der Waals surface area contributed by atoms with Gasteiger partial charge in [0.05, 0.1) is 16.9 Å². The number of rotatable bonds is 2. The highest BCUT2D eigenvalue weighted by atomic mass is 16.7. The smallest absolute Gasteiger partial charge is 0.399 e. The van der Waals surface area contributed by atoms with E-state index in [0.717, 1.165) is 35.3 Å². The molecule has 0 aromatic carbocycles. The Morgan fingerprint density at radius 2 is 1.73 bits per heavy atom. The minimum absolute atomic E-state index is 0.305. The summed E-state index contributed by atoms with van der Waals surface area (Å²) in [5, 5.41) is 4.06. The SMILES string of the molecule is Cc1noc(C)c1C1=CC(B2OC(C)(C)C(C)(C)O2)=CCC1. The molecule has 1 aliphatic heterocycles. The van der Waals surface area contributed by atoms with E-state index < -0.39 is 0 Å². The maximum absolute atomic E-state index is 6.16. The van der Waals surface area contributed by atoms with Crippen LogP contribution in [0.2, 0.25) is 0 Å². The third kappa shape index (κ3) is 2.46. The monoisotopic (exact) mass is 301 g/mol. The van der Waals surface area contributed by atoms with Crippen LogP contribution in [0.25, 0.3) is 5.57 Å². The van der Waals surface area contributed by atoms with Gasteiger partial charge in [0, 0.05) is 5.56 Å². The second-order valence-corrected chi connectivity index (χ2v) is 7.20. The van der Waals surface area contributed by atoms with Crippen molar-refractivity contribution in [3.63, 3.8) is 0 Å². The second-order valence-electron chi connectivity index (χ2n) is 7.20. The molecule has 3 rings (SSSR count). The van der Waals surface area contributed by atoms with Gasteiger partial charge in [-0.05, 0) is 65.4 Å². The highest BCUT2D eigenvalue weighted by molar-refractivity contribution is 6.56. The van der Waals surface area contributed by atoms with Crippen LogP contribution in [-0.2, 0) is 9.31 Å². The molecule has 0 N–H and O–H groups in total. The summed E-state index contributed by atoms with van der Waals surface area (Å²) in [4.78, 5) is 0. The van der Waals surface area contributed by atoms with Gasteiger partial charge >= 0.3 is 7.12 Å². The molecule has 1 aromatic heterocycles. The standard InChI is InChI=1S/C17H24BNO3/c1-11-15(12(2)20-19-11)13-8-7-9-14(10-13)18-21-16(3,4)17(5,6)22-18/h9-10H,7-8H2,1-6H3. The zero-order valence-electron chi connectivity index (χ0n) is 14.3. The van der Waals surface area contributed by atoms with Crippen molar-refractivity contribution >= 4 is 12.7 Å². The van der Waals surface area contributed by atoms with E-state index in [2.05, 4.69) is 45.0 Å². The molecule has 2 aliphatic rings. The van der Waals surface area contributed by atoms with Gasteiger partial charge in [0.25, 0.3) is 0 Å². The molecule has 1 fully saturated rings. The summed E-state index contributed by atoms with van der Waals surface area (Å²) in [6, 6.07) is 0. The van der Waals surface area contributed by atoms with Crippen LogP contribution in [0.4, 0.5) is 0 Å². The molecule has 5 heteroatoms. The predicted molar refractivity (Wildman–Crippen MR) is 87.4 cm³/mol. The molecule has 2 heterocycles. The van der Waals surface area contributed by atoms with Crippen molar-refractivity contribution in [1.82, 2.24) is 5.16 Å². The molecular formula is C17H24BNO3. The Hall–Kier alpha value is -1.33. The summed E-state index contributed by atoms with van der Waals surface area (Å²) in [6.45, 7) is 12.3. The van der Waals surface area contributed by atoms with E-state index in [4.69, 9.17) is 13.8 Å². The Labute approximate surface area is 132 Å².